The zero-order valence-corrected chi connectivity index (χ0v) is 9.25. The predicted octanol–water partition coefficient (Wildman–Crippen LogP) is 0.754. The molecule has 0 atom stereocenters. The second-order valence-corrected chi connectivity index (χ2v) is 5.19. The molecule has 0 bridgehead atoms. The van der Waals surface area contributed by atoms with Gasteiger partial charge in [0, 0.05) is 0 Å². The van der Waals surface area contributed by atoms with Gasteiger partial charge in [-0.15, -0.1) is 0 Å². The van der Waals surface area contributed by atoms with E-state index in [2.05, 4.69) is 5.10 Å². The highest BCUT2D eigenvalue weighted by molar-refractivity contribution is 7.91. The third kappa shape index (κ3) is 2.43. The van der Waals surface area contributed by atoms with E-state index in [-0.39, 0.29) is 17.6 Å². The summed E-state index contributed by atoms with van der Waals surface area (Å²) < 4.78 is 48.1. The molecule has 8 heteroatoms. The quantitative estimate of drug-likeness (QED) is 0.725. The number of carbonyl (C=O) groups excluding carboxylic acids is 1. The first-order valence-electron chi connectivity index (χ1n) is 4.44. The minimum Gasteiger partial charge on any atom is -0.298 e. The minimum absolute atomic E-state index is 0.192. The fourth-order valence-electron chi connectivity index (χ4n) is 1.21. The molecule has 0 aliphatic heterocycles. The van der Waals surface area contributed by atoms with Crippen molar-refractivity contribution in [3.63, 3.8) is 0 Å². The number of nitrogens with zero attached hydrogens (tertiary/aromatic N) is 2. The number of carbonyl (C=O) groups is 1. The highest BCUT2D eigenvalue weighted by atomic mass is 32.2. The molecule has 1 heterocycles. The molecule has 0 aliphatic rings. The van der Waals surface area contributed by atoms with Gasteiger partial charge in [0.1, 0.15) is 6.54 Å². The summed E-state index contributed by atoms with van der Waals surface area (Å²) in [5, 5.41) is 3.03. The molecule has 0 aromatic carbocycles. The van der Waals surface area contributed by atoms with Crippen molar-refractivity contribution < 1.29 is 22.0 Å². The van der Waals surface area contributed by atoms with Crippen LogP contribution in [0.1, 0.15) is 17.3 Å². The average molecular weight is 252 g/mol. The first-order chi connectivity index (χ1) is 7.42. The van der Waals surface area contributed by atoms with Crippen molar-refractivity contribution in [2.45, 2.75) is 24.9 Å². The highest BCUT2D eigenvalue weighted by Crippen LogP contribution is 2.16. The molecule has 16 heavy (non-hydrogen) atoms. The van der Waals surface area contributed by atoms with Crippen molar-refractivity contribution in [1.82, 2.24) is 9.78 Å². The van der Waals surface area contributed by atoms with Gasteiger partial charge >= 0.3 is 0 Å². The lowest BCUT2D eigenvalue weighted by Crippen LogP contribution is -2.17. The Morgan fingerprint density at radius 3 is 2.62 bits per heavy atom. The number of hydrogen-bond acceptors (Lipinski definition) is 4. The standard InChI is InChI=1S/C8H10F2N2O3S/c1-2-16(14,15)8-6(5-13)3-11-12(8)4-7(9)10/h3,5,7H,2,4H2,1H3. The van der Waals surface area contributed by atoms with Crippen LogP contribution in [0, 0.1) is 0 Å². The number of alkyl halides is 2. The van der Waals surface area contributed by atoms with Gasteiger partial charge in [0.15, 0.2) is 21.1 Å². The lowest BCUT2D eigenvalue weighted by Gasteiger charge is -2.06. The topological polar surface area (TPSA) is 69.0 Å². The number of halogens is 2. The Labute approximate surface area is 91.0 Å². The van der Waals surface area contributed by atoms with Crippen molar-refractivity contribution >= 4 is 16.1 Å². The molecule has 0 radical (unpaired) electrons. The highest BCUT2D eigenvalue weighted by Gasteiger charge is 2.24. The van der Waals surface area contributed by atoms with Crippen LogP contribution in [0.25, 0.3) is 0 Å². The van der Waals surface area contributed by atoms with Gasteiger partial charge in [-0.25, -0.2) is 21.9 Å². The first-order valence-corrected chi connectivity index (χ1v) is 6.09. The third-order valence-electron chi connectivity index (χ3n) is 1.93. The maximum Gasteiger partial charge on any atom is 0.257 e. The summed E-state index contributed by atoms with van der Waals surface area (Å²) in [6, 6.07) is 0. The smallest absolute Gasteiger partial charge is 0.257 e. The first kappa shape index (κ1) is 12.8. The fourth-order valence-corrected chi connectivity index (χ4v) is 2.38. The molecule has 0 unspecified atom stereocenters. The van der Waals surface area contributed by atoms with Crippen LogP contribution >= 0.6 is 0 Å². The summed E-state index contributed by atoms with van der Waals surface area (Å²) in [4.78, 5) is 10.6. The molecule has 0 fully saturated rings. The van der Waals surface area contributed by atoms with Crippen LogP contribution in [0.15, 0.2) is 11.2 Å². The van der Waals surface area contributed by atoms with Crippen molar-refractivity contribution in [3.8, 4) is 0 Å². The molecule has 1 rings (SSSR count). The van der Waals surface area contributed by atoms with E-state index < -0.39 is 27.8 Å². The summed E-state index contributed by atoms with van der Waals surface area (Å²) in [5.41, 5.74) is -0.192. The Kier molecular flexibility index (Phi) is 3.74. The van der Waals surface area contributed by atoms with Crippen molar-refractivity contribution in [2.24, 2.45) is 0 Å². The normalized spacial score (nSPS) is 12.0. The van der Waals surface area contributed by atoms with E-state index in [1.54, 1.807) is 0 Å². The van der Waals surface area contributed by atoms with Gasteiger partial charge in [0.25, 0.3) is 6.43 Å². The van der Waals surface area contributed by atoms with Gasteiger partial charge in [-0.05, 0) is 0 Å². The van der Waals surface area contributed by atoms with Crippen LogP contribution in [0.3, 0.4) is 0 Å². The van der Waals surface area contributed by atoms with Gasteiger partial charge in [0.2, 0.25) is 0 Å². The Bertz CT molecular complexity index is 481. The molecule has 0 aliphatic carbocycles. The monoisotopic (exact) mass is 252 g/mol. The SMILES string of the molecule is CCS(=O)(=O)c1c(C=O)cnn1CC(F)F. The summed E-state index contributed by atoms with van der Waals surface area (Å²) in [6.07, 6.45) is -1.47. The molecule has 0 amide bonds. The van der Waals surface area contributed by atoms with Crippen molar-refractivity contribution in [1.29, 1.82) is 0 Å². The second kappa shape index (κ2) is 4.69. The van der Waals surface area contributed by atoms with E-state index in [0.717, 1.165) is 6.20 Å². The zero-order chi connectivity index (χ0) is 12.3. The second-order valence-electron chi connectivity index (χ2n) is 3.00. The van der Waals surface area contributed by atoms with E-state index in [1.165, 1.54) is 6.92 Å². The molecule has 90 valence electrons. The Morgan fingerprint density at radius 1 is 1.56 bits per heavy atom. The van der Waals surface area contributed by atoms with E-state index in [1.807, 2.05) is 0 Å². The molecule has 5 nitrogen and oxygen atoms in total. The number of aromatic nitrogens is 2. The van der Waals surface area contributed by atoms with E-state index in [0.29, 0.717) is 4.68 Å². The Balaban J connectivity index is 3.32. The lowest BCUT2D eigenvalue weighted by molar-refractivity contribution is 0.110. The summed E-state index contributed by atoms with van der Waals surface area (Å²) in [7, 11) is -3.74. The number of aldehydes is 1. The lowest BCUT2D eigenvalue weighted by atomic mass is 10.4. The molecule has 1 aromatic rings. The fraction of sp³-hybridized carbons (Fsp3) is 0.500. The third-order valence-corrected chi connectivity index (χ3v) is 3.73. The van der Waals surface area contributed by atoms with Gasteiger partial charge in [-0.1, -0.05) is 6.92 Å². The molecule has 0 spiro atoms. The zero-order valence-electron chi connectivity index (χ0n) is 8.43. The van der Waals surface area contributed by atoms with Crippen LogP contribution in [0.4, 0.5) is 8.78 Å². The Morgan fingerprint density at radius 2 is 2.19 bits per heavy atom. The molecule has 0 N–H and O–H groups in total. The molecule has 0 saturated heterocycles. The Hall–Kier alpha value is -1.31. The maximum absolute atomic E-state index is 12.2. The average Bonchev–Trinajstić information content (AvgIpc) is 2.60. The number of sulfone groups is 1. The largest absolute Gasteiger partial charge is 0.298 e. The van der Waals surface area contributed by atoms with E-state index in [4.69, 9.17) is 0 Å². The summed E-state index contributed by atoms with van der Waals surface area (Å²) >= 11 is 0. The van der Waals surface area contributed by atoms with Gasteiger partial charge < -0.3 is 0 Å². The number of hydrogen-bond donors (Lipinski definition) is 0. The van der Waals surface area contributed by atoms with Crippen molar-refractivity contribution in [2.75, 3.05) is 5.75 Å². The van der Waals surface area contributed by atoms with Gasteiger partial charge in [0.05, 0.1) is 17.5 Å². The molecule has 1 aromatic heterocycles. The van der Waals surface area contributed by atoms with Crippen LogP contribution in [-0.2, 0) is 16.4 Å². The van der Waals surface area contributed by atoms with Gasteiger partial charge in [-0.2, -0.15) is 5.10 Å². The molecular formula is C8H10F2N2O3S. The summed E-state index contributed by atoms with van der Waals surface area (Å²) in [5.74, 6) is -0.275. The number of rotatable bonds is 5. The predicted molar refractivity (Wildman–Crippen MR) is 51.3 cm³/mol. The molecular weight excluding hydrogens is 242 g/mol. The molecule has 0 saturated carbocycles. The summed E-state index contributed by atoms with van der Waals surface area (Å²) in [6.45, 7) is 0.520. The van der Waals surface area contributed by atoms with Gasteiger partial charge in [-0.3, -0.25) is 4.79 Å². The minimum atomic E-state index is -3.74. The van der Waals surface area contributed by atoms with Crippen LogP contribution in [0.2, 0.25) is 0 Å². The van der Waals surface area contributed by atoms with Crippen molar-refractivity contribution in [3.05, 3.63) is 11.8 Å². The van der Waals surface area contributed by atoms with Crippen LogP contribution in [0.5, 0.6) is 0 Å². The van der Waals surface area contributed by atoms with E-state index in [9.17, 15) is 22.0 Å². The van der Waals surface area contributed by atoms with Crippen LogP contribution < -0.4 is 0 Å². The maximum atomic E-state index is 12.2. The van der Waals surface area contributed by atoms with Crippen LogP contribution in [-0.4, -0.2) is 36.7 Å². The van der Waals surface area contributed by atoms with E-state index >= 15 is 0 Å².